The van der Waals surface area contributed by atoms with Gasteiger partial charge in [0.15, 0.2) is 0 Å². The maximum Gasteiger partial charge on any atom is 0.0505 e. The van der Waals surface area contributed by atoms with Gasteiger partial charge in [0.25, 0.3) is 0 Å². The van der Waals surface area contributed by atoms with Crippen LogP contribution in [0.25, 0.3) is 0 Å². The van der Waals surface area contributed by atoms with Crippen LogP contribution in [0.1, 0.15) is 41.0 Å². The van der Waals surface area contributed by atoms with E-state index in [1.165, 1.54) is 0 Å². The second kappa shape index (κ2) is 5.06. The Morgan fingerprint density at radius 1 is 1.31 bits per heavy atom. The SMILES string of the molecule is CC(C)C[C@H](CO)C(=S)C(C)(C)C. The van der Waals surface area contributed by atoms with E-state index in [1.54, 1.807) is 0 Å². The molecule has 0 bridgehead atoms. The first-order valence-corrected chi connectivity index (χ1v) is 5.35. The standard InChI is InChI=1S/C11H22OS/c1-8(2)6-9(7-12)10(13)11(3,4)5/h8-9,12H,6-7H2,1-5H3/t9-/m1/s1. The third-order valence-electron chi connectivity index (χ3n) is 2.09. The van der Waals surface area contributed by atoms with Gasteiger partial charge in [0.1, 0.15) is 0 Å². The summed E-state index contributed by atoms with van der Waals surface area (Å²) in [4.78, 5) is 1.00. The van der Waals surface area contributed by atoms with Gasteiger partial charge in [-0.15, -0.1) is 0 Å². The molecule has 0 aliphatic heterocycles. The molecule has 0 aromatic heterocycles. The van der Waals surface area contributed by atoms with E-state index in [9.17, 15) is 5.11 Å². The highest BCUT2D eigenvalue weighted by molar-refractivity contribution is 7.80. The summed E-state index contributed by atoms with van der Waals surface area (Å²) in [6.45, 7) is 10.8. The summed E-state index contributed by atoms with van der Waals surface area (Å²) in [5, 5.41) is 9.22. The second-order valence-electron chi connectivity index (χ2n) is 5.12. The first-order chi connectivity index (χ1) is 5.79. The fourth-order valence-corrected chi connectivity index (χ4v) is 1.62. The zero-order chi connectivity index (χ0) is 10.6. The molecule has 0 unspecified atom stereocenters. The molecule has 0 radical (unpaired) electrons. The molecule has 1 atom stereocenters. The Kier molecular flexibility index (Phi) is 5.08. The Morgan fingerprint density at radius 3 is 2.00 bits per heavy atom. The molecule has 78 valence electrons. The number of hydrogen-bond donors (Lipinski definition) is 1. The molecule has 0 aliphatic carbocycles. The number of aliphatic hydroxyl groups is 1. The molecule has 1 nitrogen and oxygen atoms in total. The molecule has 0 fully saturated rings. The van der Waals surface area contributed by atoms with Gasteiger partial charge in [-0.05, 0) is 17.8 Å². The van der Waals surface area contributed by atoms with Crippen LogP contribution in [0.5, 0.6) is 0 Å². The van der Waals surface area contributed by atoms with E-state index in [4.69, 9.17) is 12.2 Å². The van der Waals surface area contributed by atoms with Crippen molar-refractivity contribution in [2.75, 3.05) is 6.61 Å². The molecule has 0 aliphatic rings. The van der Waals surface area contributed by atoms with Gasteiger partial charge < -0.3 is 5.11 Å². The Bertz CT molecular complexity index is 167. The van der Waals surface area contributed by atoms with Crippen molar-refractivity contribution in [1.82, 2.24) is 0 Å². The van der Waals surface area contributed by atoms with E-state index in [0.29, 0.717) is 5.92 Å². The molecule has 0 amide bonds. The third kappa shape index (κ3) is 4.72. The van der Waals surface area contributed by atoms with Crippen LogP contribution in [0.2, 0.25) is 0 Å². The van der Waals surface area contributed by atoms with Crippen molar-refractivity contribution in [3.05, 3.63) is 0 Å². The van der Waals surface area contributed by atoms with Gasteiger partial charge in [0.2, 0.25) is 0 Å². The van der Waals surface area contributed by atoms with Gasteiger partial charge in [-0.1, -0.05) is 46.8 Å². The van der Waals surface area contributed by atoms with Crippen LogP contribution in [-0.2, 0) is 0 Å². The summed E-state index contributed by atoms with van der Waals surface area (Å²) >= 11 is 5.37. The summed E-state index contributed by atoms with van der Waals surface area (Å²) in [6.07, 6.45) is 0.993. The minimum absolute atomic E-state index is 0.0393. The molecule has 0 saturated heterocycles. The number of thiocarbonyl (C=S) groups is 1. The maximum absolute atomic E-state index is 9.22. The van der Waals surface area contributed by atoms with Gasteiger partial charge in [0.05, 0.1) is 6.61 Å². The molecule has 0 spiro atoms. The van der Waals surface area contributed by atoms with Crippen molar-refractivity contribution in [1.29, 1.82) is 0 Å². The zero-order valence-electron chi connectivity index (χ0n) is 9.42. The van der Waals surface area contributed by atoms with E-state index in [1.807, 2.05) is 0 Å². The molecule has 0 heterocycles. The lowest BCUT2D eigenvalue weighted by molar-refractivity contribution is 0.240. The second-order valence-corrected chi connectivity index (χ2v) is 5.56. The molecular formula is C11H22OS. The highest BCUT2D eigenvalue weighted by Gasteiger charge is 2.25. The lowest BCUT2D eigenvalue weighted by Crippen LogP contribution is -2.29. The van der Waals surface area contributed by atoms with Crippen molar-refractivity contribution in [2.24, 2.45) is 17.3 Å². The van der Waals surface area contributed by atoms with Gasteiger partial charge in [-0.25, -0.2) is 0 Å². The first kappa shape index (κ1) is 13.1. The van der Waals surface area contributed by atoms with Crippen molar-refractivity contribution in [3.8, 4) is 0 Å². The molecule has 0 rings (SSSR count). The van der Waals surface area contributed by atoms with Gasteiger partial charge in [-0.3, -0.25) is 0 Å². The fraction of sp³-hybridized carbons (Fsp3) is 0.909. The number of aliphatic hydroxyl groups excluding tert-OH is 1. The van der Waals surface area contributed by atoms with Crippen LogP contribution >= 0.6 is 12.2 Å². The first-order valence-electron chi connectivity index (χ1n) is 4.94. The minimum Gasteiger partial charge on any atom is -0.396 e. The highest BCUT2D eigenvalue weighted by atomic mass is 32.1. The summed E-state index contributed by atoms with van der Waals surface area (Å²) in [6, 6.07) is 0. The summed E-state index contributed by atoms with van der Waals surface area (Å²) in [7, 11) is 0. The van der Waals surface area contributed by atoms with Crippen LogP contribution < -0.4 is 0 Å². The molecule has 0 aromatic carbocycles. The average Bonchev–Trinajstić information content (AvgIpc) is 1.96. The maximum atomic E-state index is 9.22. The molecule has 13 heavy (non-hydrogen) atoms. The van der Waals surface area contributed by atoms with Crippen LogP contribution in [-0.4, -0.2) is 16.6 Å². The van der Waals surface area contributed by atoms with Crippen molar-refractivity contribution < 1.29 is 5.11 Å². The molecular weight excluding hydrogens is 180 g/mol. The van der Waals surface area contributed by atoms with Crippen molar-refractivity contribution in [3.63, 3.8) is 0 Å². The van der Waals surface area contributed by atoms with Crippen LogP contribution in [0.15, 0.2) is 0 Å². The lowest BCUT2D eigenvalue weighted by atomic mass is 9.81. The highest BCUT2D eigenvalue weighted by Crippen LogP contribution is 2.25. The van der Waals surface area contributed by atoms with Crippen LogP contribution in [0.3, 0.4) is 0 Å². The molecule has 1 N–H and O–H groups in total. The van der Waals surface area contributed by atoms with Gasteiger partial charge in [-0.2, -0.15) is 0 Å². The van der Waals surface area contributed by atoms with E-state index >= 15 is 0 Å². The van der Waals surface area contributed by atoms with E-state index in [2.05, 4.69) is 34.6 Å². The van der Waals surface area contributed by atoms with Gasteiger partial charge in [0, 0.05) is 10.8 Å². The normalized spacial score (nSPS) is 14.7. The Balaban J connectivity index is 4.33. The molecule has 2 heteroatoms. The summed E-state index contributed by atoms with van der Waals surface area (Å²) < 4.78 is 0. The van der Waals surface area contributed by atoms with Gasteiger partial charge >= 0.3 is 0 Å². The summed E-state index contributed by atoms with van der Waals surface area (Å²) in [5.74, 6) is 0.785. The monoisotopic (exact) mass is 202 g/mol. The van der Waals surface area contributed by atoms with Crippen molar-refractivity contribution in [2.45, 2.75) is 41.0 Å². The zero-order valence-corrected chi connectivity index (χ0v) is 10.2. The van der Waals surface area contributed by atoms with Crippen molar-refractivity contribution >= 4 is 17.1 Å². The minimum atomic E-state index is 0.0393. The molecule has 0 aromatic rings. The predicted molar refractivity (Wildman–Crippen MR) is 62.1 cm³/mol. The summed E-state index contributed by atoms with van der Waals surface area (Å²) in [5.41, 5.74) is 0.0393. The number of hydrogen-bond acceptors (Lipinski definition) is 2. The Hall–Kier alpha value is 0.0500. The lowest BCUT2D eigenvalue weighted by Gasteiger charge is -2.27. The van der Waals surface area contributed by atoms with Crippen LogP contribution in [0.4, 0.5) is 0 Å². The van der Waals surface area contributed by atoms with E-state index in [0.717, 1.165) is 11.3 Å². The fourth-order valence-electron chi connectivity index (χ4n) is 1.45. The quantitative estimate of drug-likeness (QED) is 0.707. The Labute approximate surface area is 87.5 Å². The Morgan fingerprint density at radius 2 is 1.77 bits per heavy atom. The van der Waals surface area contributed by atoms with E-state index in [-0.39, 0.29) is 17.9 Å². The third-order valence-corrected chi connectivity index (χ3v) is 3.03. The predicted octanol–water partition coefficient (Wildman–Crippen LogP) is 3.06. The average molecular weight is 202 g/mol. The van der Waals surface area contributed by atoms with Crippen LogP contribution in [0, 0.1) is 17.3 Å². The smallest absolute Gasteiger partial charge is 0.0505 e. The largest absolute Gasteiger partial charge is 0.396 e. The van der Waals surface area contributed by atoms with E-state index < -0.39 is 0 Å². The topological polar surface area (TPSA) is 20.2 Å². The molecule has 0 saturated carbocycles. The number of rotatable bonds is 4.